The van der Waals surface area contributed by atoms with E-state index in [1.807, 2.05) is 17.9 Å². The van der Waals surface area contributed by atoms with Crippen molar-refractivity contribution >= 4 is 5.91 Å². The molecule has 1 fully saturated rings. The van der Waals surface area contributed by atoms with Crippen LogP contribution >= 0.6 is 0 Å². The number of piperazine rings is 1. The molecular formula is C19H28N2O2. The standard InChI is InChI=1S/C19H28N2O2/c1-3-20-10-12-21(13-11-20)19(22)15(2)23-18-9-8-16-6-4-5-7-17(16)14-18/h8-9,14-15H,3-7,10-13H2,1-2H3. The topological polar surface area (TPSA) is 32.8 Å². The molecule has 1 atom stereocenters. The van der Waals surface area contributed by atoms with E-state index in [4.69, 9.17) is 4.74 Å². The number of amides is 1. The summed E-state index contributed by atoms with van der Waals surface area (Å²) in [5.74, 6) is 0.942. The molecule has 1 amide bonds. The second kappa shape index (κ2) is 7.35. The number of hydrogen-bond donors (Lipinski definition) is 0. The van der Waals surface area contributed by atoms with Gasteiger partial charge in [-0.15, -0.1) is 0 Å². The zero-order valence-corrected chi connectivity index (χ0v) is 14.4. The predicted octanol–water partition coefficient (Wildman–Crippen LogP) is 2.50. The minimum absolute atomic E-state index is 0.110. The van der Waals surface area contributed by atoms with Gasteiger partial charge in [0.1, 0.15) is 5.75 Å². The summed E-state index contributed by atoms with van der Waals surface area (Å²) in [5.41, 5.74) is 2.84. The zero-order valence-electron chi connectivity index (χ0n) is 14.4. The van der Waals surface area contributed by atoms with Crippen LogP contribution < -0.4 is 4.74 Å². The lowest BCUT2D eigenvalue weighted by Gasteiger charge is -2.35. The van der Waals surface area contributed by atoms with Gasteiger partial charge in [-0.3, -0.25) is 4.79 Å². The van der Waals surface area contributed by atoms with Crippen molar-refractivity contribution in [3.8, 4) is 5.75 Å². The van der Waals surface area contributed by atoms with Gasteiger partial charge in [-0.1, -0.05) is 13.0 Å². The minimum Gasteiger partial charge on any atom is -0.481 e. The first-order valence-corrected chi connectivity index (χ1v) is 8.97. The van der Waals surface area contributed by atoms with Gasteiger partial charge in [0.2, 0.25) is 0 Å². The van der Waals surface area contributed by atoms with Crippen molar-refractivity contribution in [2.24, 2.45) is 0 Å². The highest BCUT2D eigenvalue weighted by Crippen LogP contribution is 2.26. The molecule has 2 aliphatic rings. The average molecular weight is 316 g/mol. The van der Waals surface area contributed by atoms with Crippen LogP contribution in [-0.4, -0.2) is 54.5 Å². The number of carbonyl (C=O) groups is 1. The molecule has 0 N–H and O–H groups in total. The van der Waals surface area contributed by atoms with Crippen LogP contribution in [0, 0.1) is 0 Å². The molecule has 4 nitrogen and oxygen atoms in total. The summed E-state index contributed by atoms with van der Waals surface area (Å²) in [6.07, 6.45) is 4.43. The highest BCUT2D eigenvalue weighted by molar-refractivity contribution is 5.81. The van der Waals surface area contributed by atoms with Crippen LogP contribution in [0.2, 0.25) is 0 Å². The monoisotopic (exact) mass is 316 g/mol. The maximum atomic E-state index is 12.6. The lowest BCUT2D eigenvalue weighted by atomic mass is 9.92. The van der Waals surface area contributed by atoms with Crippen LogP contribution in [0.5, 0.6) is 5.75 Å². The maximum absolute atomic E-state index is 12.6. The number of fused-ring (bicyclic) bond motifs is 1. The van der Waals surface area contributed by atoms with E-state index in [1.54, 1.807) is 0 Å². The summed E-state index contributed by atoms with van der Waals surface area (Å²) in [5, 5.41) is 0. The Hall–Kier alpha value is -1.55. The molecule has 1 heterocycles. The molecule has 1 unspecified atom stereocenters. The molecule has 0 aromatic heterocycles. The first-order chi connectivity index (χ1) is 11.2. The number of aryl methyl sites for hydroxylation is 2. The van der Waals surface area contributed by atoms with Gasteiger partial charge in [0, 0.05) is 26.2 Å². The number of benzene rings is 1. The maximum Gasteiger partial charge on any atom is 0.263 e. The van der Waals surface area contributed by atoms with E-state index in [2.05, 4.69) is 24.0 Å². The summed E-state index contributed by atoms with van der Waals surface area (Å²) in [6.45, 7) is 8.65. The molecule has 0 saturated carbocycles. The Labute approximate surface area is 139 Å². The molecule has 1 aliphatic heterocycles. The van der Waals surface area contributed by atoms with Crippen LogP contribution in [-0.2, 0) is 17.6 Å². The fourth-order valence-electron chi connectivity index (χ4n) is 3.58. The molecule has 126 valence electrons. The van der Waals surface area contributed by atoms with Crippen molar-refractivity contribution < 1.29 is 9.53 Å². The van der Waals surface area contributed by atoms with Crippen molar-refractivity contribution in [2.45, 2.75) is 45.6 Å². The molecule has 0 bridgehead atoms. The number of likely N-dealkylation sites (N-methyl/N-ethyl adjacent to an activating group) is 1. The summed E-state index contributed by atoms with van der Waals surface area (Å²) in [6, 6.07) is 6.32. The lowest BCUT2D eigenvalue weighted by Crippen LogP contribution is -2.51. The summed E-state index contributed by atoms with van der Waals surface area (Å²) < 4.78 is 5.94. The quantitative estimate of drug-likeness (QED) is 0.855. The van der Waals surface area contributed by atoms with E-state index >= 15 is 0 Å². The first kappa shape index (κ1) is 16.3. The summed E-state index contributed by atoms with van der Waals surface area (Å²) in [4.78, 5) is 16.9. The van der Waals surface area contributed by atoms with Crippen molar-refractivity contribution in [2.75, 3.05) is 32.7 Å². The molecule has 0 radical (unpaired) electrons. The molecule has 4 heteroatoms. The second-order valence-corrected chi connectivity index (χ2v) is 6.66. The Morgan fingerprint density at radius 2 is 1.83 bits per heavy atom. The Balaban J connectivity index is 1.58. The van der Waals surface area contributed by atoms with Crippen molar-refractivity contribution in [3.63, 3.8) is 0 Å². The number of hydrogen-bond acceptors (Lipinski definition) is 3. The van der Waals surface area contributed by atoms with Crippen LogP contribution in [0.3, 0.4) is 0 Å². The van der Waals surface area contributed by atoms with Gasteiger partial charge in [0.05, 0.1) is 0 Å². The third kappa shape index (κ3) is 3.86. The van der Waals surface area contributed by atoms with Gasteiger partial charge in [-0.2, -0.15) is 0 Å². The highest BCUT2D eigenvalue weighted by Gasteiger charge is 2.25. The second-order valence-electron chi connectivity index (χ2n) is 6.66. The number of ether oxygens (including phenoxy) is 1. The third-order valence-electron chi connectivity index (χ3n) is 5.11. The van der Waals surface area contributed by atoms with Gasteiger partial charge in [0.15, 0.2) is 6.10 Å². The minimum atomic E-state index is -0.412. The first-order valence-electron chi connectivity index (χ1n) is 8.97. The highest BCUT2D eigenvalue weighted by atomic mass is 16.5. The smallest absolute Gasteiger partial charge is 0.263 e. The van der Waals surface area contributed by atoms with Crippen molar-refractivity contribution in [1.82, 2.24) is 9.80 Å². The van der Waals surface area contributed by atoms with Crippen molar-refractivity contribution in [3.05, 3.63) is 29.3 Å². The number of carbonyl (C=O) groups excluding carboxylic acids is 1. The van der Waals surface area contributed by atoms with Crippen LogP contribution in [0.1, 0.15) is 37.8 Å². The van der Waals surface area contributed by atoms with Gasteiger partial charge in [0.25, 0.3) is 5.91 Å². The predicted molar refractivity (Wildman–Crippen MR) is 91.9 cm³/mol. The molecule has 3 rings (SSSR count). The third-order valence-corrected chi connectivity index (χ3v) is 5.11. The molecule has 1 aromatic carbocycles. The molecular weight excluding hydrogens is 288 g/mol. The van der Waals surface area contributed by atoms with Gasteiger partial charge in [-0.05, 0) is 62.4 Å². The Kier molecular flexibility index (Phi) is 5.21. The molecule has 1 saturated heterocycles. The molecule has 1 aliphatic carbocycles. The largest absolute Gasteiger partial charge is 0.481 e. The Morgan fingerprint density at radius 3 is 2.52 bits per heavy atom. The molecule has 23 heavy (non-hydrogen) atoms. The van der Waals surface area contributed by atoms with E-state index in [-0.39, 0.29) is 5.91 Å². The van der Waals surface area contributed by atoms with E-state index < -0.39 is 6.10 Å². The lowest BCUT2D eigenvalue weighted by molar-refractivity contribution is -0.139. The van der Waals surface area contributed by atoms with Crippen LogP contribution in [0.4, 0.5) is 0 Å². The van der Waals surface area contributed by atoms with Crippen LogP contribution in [0.25, 0.3) is 0 Å². The Bertz CT molecular complexity index is 550. The van der Waals surface area contributed by atoms with E-state index in [0.29, 0.717) is 0 Å². The zero-order chi connectivity index (χ0) is 16.2. The fourth-order valence-corrected chi connectivity index (χ4v) is 3.58. The SMILES string of the molecule is CCN1CCN(C(=O)C(C)Oc2ccc3c(c2)CCCC3)CC1. The summed E-state index contributed by atoms with van der Waals surface area (Å²) >= 11 is 0. The van der Waals surface area contributed by atoms with E-state index in [1.165, 1.54) is 30.4 Å². The molecule has 0 spiro atoms. The van der Waals surface area contributed by atoms with E-state index in [0.717, 1.165) is 44.9 Å². The molecule has 1 aromatic rings. The number of nitrogens with zero attached hydrogens (tertiary/aromatic N) is 2. The number of rotatable bonds is 4. The Morgan fingerprint density at radius 1 is 1.13 bits per heavy atom. The normalized spacial score (nSPS) is 20.0. The summed E-state index contributed by atoms with van der Waals surface area (Å²) in [7, 11) is 0. The van der Waals surface area contributed by atoms with Crippen LogP contribution in [0.15, 0.2) is 18.2 Å². The van der Waals surface area contributed by atoms with E-state index in [9.17, 15) is 4.79 Å². The average Bonchev–Trinajstić information content (AvgIpc) is 2.61. The van der Waals surface area contributed by atoms with Gasteiger partial charge in [-0.25, -0.2) is 0 Å². The van der Waals surface area contributed by atoms with Gasteiger partial charge < -0.3 is 14.5 Å². The van der Waals surface area contributed by atoms with Gasteiger partial charge >= 0.3 is 0 Å². The van der Waals surface area contributed by atoms with Crippen molar-refractivity contribution in [1.29, 1.82) is 0 Å². The fraction of sp³-hybridized carbons (Fsp3) is 0.632.